The molecular formula is C15H27NOS. The summed E-state index contributed by atoms with van der Waals surface area (Å²) in [7, 11) is 0. The predicted molar refractivity (Wildman–Crippen MR) is 80.0 cm³/mol. The highest BCUT2D eigenvalue weighted by molar-refractivity contribution is 7.11. The van der Waals surface area contributed by atoms with E-state index in [1.54, 1.807) is 0 Å². The molecule has 0 aliphatic heterocycles. The van der Waals surface area contributed by atoms with Crippen LogP contribution in [-0.2, 0) is 17.9 Å². The fraction of sp³-hybridized carbons (Fsp3) is 0.733. The topological polar surface area (TPSA) is 21.3 Å². The molecule has 1 aromatic heterocycles. The summed E-state index contributed by atoms with van der Waals surface area (Å²) in [6, 6.07) is 4.41. The van der Waals surface area contributed by atoms with Gasteiger partial charge in [0.05, 0.1) is 6.61 Å². The van der Waals surface area contributed by atoms with Crippen molar-refractivity contribution in [3.05, 3.63) is 21.9 Å². The minimum Gasteiger partial charge on any atom is -0.376 e. The van der Waals surface area contributed by atoms with Crippen molar-refractivity contribution in [2.75, 3.05) is 13.2 Å². The summed E-state index contributed by atoms with van der Waals surface area (Å²) < 4.78 is 5.79. The molecule has 0 aliphatic carbocycles. The van der Waals surface area contributed by atoms with Crippen LogP contribution in [0.1, 0.15) is 49.8 Å². The summed E-state index contributed by atoms with van der Waals surface area (Å²) in [4.78, 5) is 2.75. The minimum atomic E-state index is 0.718. The minimum absolute atomic E-state index is 0.718. The lowest BCUT2D eigenvalue weighted by molar-refractivity contribution is 0.0860. The second kappa shape index (κ2) is 9.54. The third kappa shape index (κ3) is 5.98. The first-order chi connectivity index (χ1) is 8.80. The van der Waals surface area contributed by atoms with Gasteiger partial charge in [-0.05, 0) is 31.0 Å². The summed E-state index contributed by atoms with van der Waals surface area (Å²) in [5.41, 5.74) is 0. The van der Waals surface area contributed by atoms with E-state index in [4.69, 9.17) is 4.74 Å². The summed E-state index contributed by atoms with van der Waals surface area (Å²) >= 11 is 1.86. The highest BCUT2D eigenvalue weighted by atomic mass is 32.1. The Morgan fingerprint density at radius 3 is 2.56 bits per heavy atom. The van der Waals surface area contributed by atoms with E-state index in [0.717, 1.165) is 32.2 Å². The lowest BCUT2D eigenvalue weighted by Gasteiger charge is -2.11. The molecule has 1 aromatic rings. The Labute approximate surface area is 116 Å². The molecule has 0 bridgehead atoms. The third-order valence-corrected chi connectivity index (χ3v) is 4.25. The van der Waals surface area contributed by atoms with Crippen LogP contribution < -0.4 is 5.32 Å². The molecule has 0 atom stereocenters. The second-order valence-electron chi connectivity index (χ2n) is 4.74. The fourth-order valence-electron chi connectivity index (χ4n) is 1.83. The Hall–Kier alpha value is -0.380. The largest absolute Gasteiger partial charge is 0.376 e. The SMILES string of the molecule is CCCNCc1ccc(COCC(CC)CC)s1. The molecule has 0 radical (unpaired) electrons. The second-order valence-corrected chi connectivity index (χ2v) is 6.00. The van der Waals surface area contributed by atoms with Crippen LogP contribution in [0.4, 0.5) is 0 Å². The zero-order chi connectivity index (χ0) is 13.2. The molecule has 0 amide bonds. The van der Waals surface area contributed by atoms with Gasteiger partial charge in [-0.15, -0.1) is 11.3 Å². The Bertz CT molecular complexity index is 307. The van der Waals surface area contributed by atoms with Gasteiger partial charge in [-0.2, -0.15) is 0 Å². The first-order valence-corrected chi connectivity index (χ1v) is 7.97. The maximum atomic E-state index is 5.79. The van der Waals surface area contributed by atoms with Crippen LogP contribution in [0.25, 0.3) is 0 Å². The molecule has 2 nitrogen and oxygen atoms in total. The standard InChI is InChI=1S/C15H27NOS/c1-4-9-16-10-14-7-8-15(18-14)12-17-11-13(5-2)6-3/h7-8,13,16H,4-6,9-12H2,1-3H3. The zero-order valence-electron chi connectivity index (χ0n) is 12.0. The van der Waals surface area contributed by atoms with Gasteiger partial charge >= 0.3 is 0 Å². The maximum absolute atomic E-state index is 5.79. The van der Waals surface area contributed by atoms with Crippen LogP contribution >= 0.6 is 11.3 Å². The Kier molecular flexibility index (Phi) is 8.31. The summed E-state index contributed by atoms with van der Waals surface area (Å²) in [6.07, 6.45) is 3.62. The van der Waals surface area contributed by atoms with Crippen molar-refractivity contribution in [2.24, 2.45) is 5.92 Å². The molecule has 0 unspecified atom stereocenters. The summed E-state index contributed by atoms with van der Waals surface area (Å²) in [5, 5.41) is 3.43. The predicted octanol–water partition coefficient (Wildman–Crippen LogP) is 4.20. The van der Waals surface area contributed by atoms with Crippen LogP contribution in [0.2, 0.25) is 0 Å². The average Bonchev–Trinajstić information content (AvgIpc) is 2.83. The molecule has 18 heavy (non-hydrogen) atoms. The van der Waals surface area contributed by atoms with Crippen LogP contribution in [0.3, 0.4) is 0 Å². The van der Waals surface area contributed by atoms with E-state index in [0.29, 0.717) is 0 Å². The monoisotopic (exact) mass is 269 g/mol. The van der Waals surface area contributed by atoms with Gasteiger partial charge in [0.2, 0.25) is 0 Å². The van der Waals surface area contributed by atoms with E-state index in [-0.39, 0.29) is 0 Å². The van der Waals surface area contributed by atoms with Crippen molar-refractivity contribution >= 4 is 11.3 Å². The van der Waals surface area contributed by atoms with Crippen molar-refractivity contribution < 1.29 is 4.74 Å². The molecule has 0 spiro atoms. The van der Waals surface area contributed by atoms with Crippen LogP contribution in [-0.4, -0.2) is 13.2 Å². The highest BCUT2D eigenvalue weighted by Crippen LogP contribution is 2.18. The van der Waals surface area contributed by atoms with Gasteiger partial charge in [-0.3, -0.25) is 0 Å². The number of nitrogens with one attached hydrogen (secondary N) is 1. The lowest BCUT2D eigenvalue weighted by Crippen LogP contribution is -2.12. The van der Waals surface area contributed by atoms with E-state index < -0.39 is 0 Å². The Morgan fingerprint density at radius 1 is 1.17 bits per heavy atom. The number of hydrogen-bond donors (Lipinski definition) is 1. The van der Waals surface area contributed by atoms with E-state index in [2.05, 4.69) is 38.2 Å². The van der Waals surface area contributed by atoms with E-state index in [1.165, 1.54) is 29.0 Å². The zero-order valence-corrected chi connectivity index (χ0v) is 12.8. The fourth-order valence-corrected chi connectivity index (χ4v) is 2.76. The number of rotatable bonds is 10. The van der Waals surface area contributed by atoms with Crippen molar-refractivity contribution in [3.63, 3.8) is 0 Å². The first kappa shape index (κ1) is 15.7. The molecule has 0 aromatic carbocycles. The molecular weight excluding hydrogens is 242 g/mol. The van der Waals surface area contributed by atoms with E-state index in [1.807, 2.05) is 11.3 Å². The van der Waals surface area contributed by atoms with Crippen LogP contribution in [0.15, 0.2) is 12.1 Å². The molecule has 1 N–H and O–H groups in total. The van der Waals surface area contributed by atoms with Crippen LogP contribution in [0.5, 0.6) is 0 Å². The van der Waals surface area contributed by atoms with Gasteiger partial charge in [0.25, 0.3) is 0 Å². The van der Waals surface area contributed by atoms with Gasteiger partial charge in [-0.1, -0.05) is 33.6 Å². The van der Waals surface area contributed by atoms with Crippen LogP contribution in [0, 0.1) is 5.92 Å². The number of ether oxygens (including phenoxy) is 1. The summed E-state index contributed by atoms with van der Waals surface area (Å²) in [6.45, 7) is 10.4. The van der Waals surface area contributed by atoms with E-state index in [9.17, 15) is 0 Å². The van der Waals surface area contributed by atoms with Gasteiger partial charge < -0.3 is 10.1 Å². The van der Waals surface area contributed by atoms with Gasteiger partial charge in [0.1, 0.15) is 0 Å². The molecule has 1 rings (SSSR count). The quantitative estimate of drug-likeness (QED) is 0.643. The maximum Gasteiger partial charge on any atom is 0.0809 e. The smallest absolute Gasteiger partial charge is 0.0809 e. The molecule has 3 heteroatoms. The summed E-state index contributed by atoms with van der Waals surface area (Å²) in [5.74, 6) is 0.718. The molecule has 0 saturated carbocycles. The van der Waals surface area contributed by atoms with Crippen molar-refractivity contribution in [1.29, 1.82) is 0 Å². The molecule has 1 heterocycles. The van der Waals surface area contributed by atoms with E-state index >= 15 is 0 Å². The van der Waals surface area contributed by atoms with Gasteiger partial charge in [0, 0.05) is 22.9 Å². The molecule has 104 valence electrons. The molecule has 0 saturated heterocycles. The van der Waals surface area contributed by atoms with Gasteiger partial charge in [-0.25, -0.2) is 0 Å². The Balaban J connectivity index is 2.22. The first-order valence-electron chi connectivity index (χ1n) is 7.16. The van der Waals surface area contributed by atoms with Crippen molar-refractivity contribution in [3.8, 4) is 0 Å². The third-order valence-electron chi connectivity index (χ3n) is 3.20. The normalized spacial score (nSPS) is 11.3. The molecule has 0 fully saturated rings. The Morgan fingerprint density at radius 2 is 1.89 bits per heavy atom. The molecule has 0 aliphatic rings. The highest BCUT2D eigenvalue weighted by Gasteiger charge is 2.04. The van der Waals surface area contributed by atoms with Gasteiger partial charge in [0.15, 0.2) is 0 Å². The lowest BCUT2D eigenvalue weighted by atomic mass is 10.1. The number of thiophene rings is 1. The number of hydrogen-bond acceptors (Lipinski definition) is 3. The van der Waals surface area contributed by atoms with Crippen molar-refractivity contribution in [1.82, 2.24) is 5.32 Å². The van der Waals surface area contributed by atoms with Crippen molar-refractivity contribution in [2.45, 2.75) is 53.2 Å². The average molecular weight is 269 g/mol.